The fourth-order valence-electron chi connectivity index (χ4n) is 4.42. The first kappa shape index (κ1) is 23.8. The Hall–Kier alpha value is -2.92. The maximum absolute atomic E-state index is 15.7. The van der Waals surface area contributed by atoms with Crippen LogP contribution in [0.15, 0.2) is 53.1 Å². The molecule has 7 nitrogen and oxygen atoms in total. The van der Waals surface area contributed by atoms with Crippen LogP contribution in [0.5, 0.6) is 0 Å². The zero-order chi connectivity index (χ0) is 24.4. The van der Waals surface area contributed by atoms with Crippen molar-refractivity contribution in [1.82, 2.24) is 20.1 Å². The molecule has 0 radical (unpaired) electrons. The number of thioether (sulfide) groups is 1. The number of carbonyl (C=O) groups excluding carboxylic acids is 1. The average molecular weight is 504 g/mol. The van der Waals surface area contributed by atoms with E-state index in [9.17, 15) is 13.6 Å². The van der Waals surface area contributed by atoms with Crippen molar-refractivity contribution < 1.29 is 22.4 Å². The van der Waals surface area contributed by atoms with Crippen LogP contribution in [0.3, 0.4) is 0 Å². The third-order valence-corrected chi connectivity index (χ3v) is 7.38. The number of aromatic nitrogens is 3. The van der Waals surface area contributed by atoms with Crippen LogP contribution in [0.25, 0.3) is 11.5 Å². The Morgan fingerprint density at radius 1 is 1.14 bits per heavy atom. The van der Waals surface area contributed by atoms with Crippen LogP contribution < -0.4 is 4.90 Å². The molecule has 1 aromatic carbocycles. The van der Waals surface area contributed by atoms with Crippen molar-refractivity contribution in [2.45, 2.75) is 37.5 Å². The minimum atomic E-state index is -2.86. The molecular formula is C24H24F3N5O2S. The molecule has 2 aliphatic rings. The summed E-state index contributed by atoms with van der Waals surface area (Å²) in [6, 6.07) is 12.5. The van der Waals surface area contributed by atoms with Gasteiger partial charge in [0.2, 0.25) is 11.6 Å². The van der Waals surface area contributed by atoms with E-state index < -0.39 is 23.9 Å². The summed E-state index contributed by atoms with van der Waals surface area (Å²) in [5, 5.41) is 6.93. The number of pyridine rings is 1. The molecule has 0 spiro atoms. The minimum Gasteiger partial charge on any atom is -0.415 e. The van der Waals surface area contributed by atoms with Gasteiger partial charge in [-0.2, -0.15) is 20.5 Å². The van der Waals surface area contributed by atoms with Crippen molar-refractivity contribution in [3.8, 4) is 11.5 Å². The first-order chi connectivity index (χ1) is 16.9. The SMILES string of the molecule is O=C(N(Cc1ccc(-c2nnc(C(F)F)o2)cn1)c1ccccc1)C1(F)CN(C2CCSCC2)C1. The largest absolute Gasteiger partial charge is 0.415 e. The van der Waals surface area contributed by atoms with E-state index in [4.69, 9.17) is 4.42 Å². The lowest BCUT2D eigenvalue weighted by Gasteiger charge is -2.49. The predicted octanol–water partition coefficient (Wildman–Crippen LogP) is 4.52. The quantitative estimate of drug-likeness (QED) is 0.469. The molecule has 35 heavy (non-hydrogen) atoms. The molecular weight excluding hydrogens is 479 g/mol. The summed E-state index contributed by atoms with van der Waals surface area (Å²) in [6.45, 7) is 0.252. The minimum absolute atomic E-state index is 0.0565. The van der Waals surface area contributed by atoms with E-state index in [1.807, 2.05) is 17.8 Å². The molecule has 2 saturated heterocycles. The second-order valence-corrected chi connectivity index (χ2v) is 9.95. The fraction of sp³-hybridized carbons (Fsp3) is 0.417. The Bertz CT molecular complexity index is 1150. The average Bonchev–Trinajstić information content (AvgIpc) is 3.37. The van der Waals surface area contributed by atoms with Gasteiger partial charge in [-0.1, -0.05) is 18.2 Å². The lowest BCUT2D eigenvalue weighted by molar-refractivity contribution is -0.145. The molecule has 5 rings (SSSR count). The van der Waals surface area contributed by atoms with Crippen LogP contribution in [0.2, 0.25) is 0 Å². The van der Waals surface area contributed by atoms with Gasteiger partial charge in [0.15, 0.2) is 0 Å². The van der Waals surface area contributed by atoms with Gasteiger partial charge in [0.25, 0.3) is 11.8 Å². The number of hydrogen-bond acceptors (Lipinski definition) is 7. The van der Waals surface area contributed by atoms with E-state index in [2.05, 4.69) is 20.1 Å². The number of anilines is 1. The van der Waals surface area contributed by atoms with Crippen LogP contribution in [0.1, 0.15) is 30.9 Å². The van der Waals surface area contributed by atoms with Gasteiger partial charge in [0.1, 0.15) is 0 Å². The maximum Gasteiger partial charge on any atom is 0.314 e. The zero-order valence-corrected chi connectivity index (χ0v) is 19.6. The zero-order valence-electron chi connectivity index (χ0n) is 18.8. The van der Waals surface area contributed by atoms with Gasteiger partial charge in [-0.15, -0.1) is 10.2 Å². The Balaban J connectivity index is 1.32. The van der Waals surface area contributed by atoms with Crippen molar-refractivity contribution in [2.24, 2.45) is 0 Å². The highest BCUT2D eigenvalue weighted by Crippen LogP contribution is 2.35. The Morgan fingerprint density at radius 3 is 2.51 bits per heavy atom. The topological polar surface area (TPSA) is 75.4 Å². The molecule has 0 aliphatic carbocycles. The number of hydrogen-bond donors (Lipinski definition) is 0. The number of halogens is 3. The van der Waals surface area contributed by atoms with Gasteiger partial charge in [-0.25, -0.2) is 4.39 Å². The smallest absolute Gasteiger partial charge is 0.314 e. The van der Waals surface area contributed by atoms with E-state index >= 15 is 4.39 Å². The molecule has 1 amide bonds. The van der Waals surface area contributed by atoms with Crippen molar-refractivity contribution in [2.75, 3.05) is 29.5 Å². The summed E-state index contributed by atoms with van der Waals surface area (Å²) in [5.74, 6) is 0.710. The van der Waals surface area contributed by atoms with Crippen molar-refractivity contribution >= 4 is 23.4 Å². The molecule has 4 heterocycles. The van der Waals surface area contributed by atoms with Crippen LogP contribution >= 0.6 is 11.8 Å². The van der Waals surface area contributed by atoms with Crippen molar-refractivity contribution in [3.63, 3.8) is 0 Å². The fourth-order valence-corrected chi connectivity index (χ4v) is 5.50. The number of carbonyl (C=O) groups is 1. The molecule has 2 aliphatic heterocycles. The molecule has 11 heteroatoms. The van der Waals surface area contributed by atoms with Gasteiger partial charge >= 0.3 is 6.43 Å². The van der Waals surface area contributed by atoms with Gasteiger partial charge in [-0.3, -0.25) is 14.7 Å². The van der Waals surface area contributed by atoms with Crippen molar-refractivity contribution in [1.29, 1.82) is 0 Å². The number of benzene rings is 1. The molecule has 0 N–H and O–H groups in total. The van der Waals surface area contributed by atoms with E-state index in [1.165, 1.54) is 11.1 Å². The van der Waals surface area contributed by atoms with Crippen LogP contribution in [0, 0.1) is 0 Å². The van der Waals surface area contributed by atoms with E-state index in [0.717, 1.165) is 24.3 Å². The summed E-state index contributed by atoms with van der Waals surface area (Å²) in [5.41, 5.74) is -0.501. The van der Waals surface area contributed by atoms with E-state index in [1.54, 1.807) is 36.4 Å². The molecule has 0 unspecified atom stereocenters. The lowest BCUT2D eigenvalue weighted by Crippen LogP contribution is -2.69. The summed E-state index contributed by atoms with van der Waals surface area (Å²) in [6.07, 6.45) is 0.587. The van der Waals surface area contributed by atoms with Gasteiger partial charge in [0.05, 0.1) is 17.8 Å². The Labute approximate surface area is 204 Å². The summed E-state index contributed by atoms with van der Waals surface area (Å²) >= 11 is 1.91. The summed E-state index contributed by atoms with van der Waals surface area (Å²) in [7, 11) is 0. The number of alkyl halides is 3. The molecule has 0 atom stereocenters. The second kappa shape index (κ2) is 9.98. The third-order valence-electron chi connectivity index (χ3n) is 6.33. The number of rotatable bonds is 7. The molecule has 2 fully saturated rings. The lowest BCUT2D eigenvalue weighted by atomic mass is 9.90. The highest BCUT2D eigenvalue weighted by atomic mass is 32.2. The molecule has 0 bridgehead atoms. The summed E-state index contributed by atoms with van der Waals surface area (Å²) < 4.78 is 46.1. The van der Waals surface area contributed by atoms with Crippen molar-refractivity contribution in [3.05, 3.63) is 60.2 Å². The molecule has 2 aromatic heterocycles. The first-order valence-corrected chi connectivity index (χ1v) is 12.5. The molecule has 184 valence electrons. The van der Waals surface area contributed by atoms with Crippen LogP contribution in [0.4, 0.5) is 18.9 Å². The predicted molar refractivity (Wildman–Crippen MR) is 126 cm³/mol. The number of likely N-dealkylation sites (tertiary alicyclic amines) is 1. The number of nitrogens with zero attached hydrogens (tertiary/aromatic N) is 5. The number of amides is 1. The first-order valence-electron chi connectivity index (χ1n) is 11.4. The second-order valence-electron chi connectivity index (χ2n) is 8.73. The molecule has 3 aromatic rings. The third kappa shape index (κ3) is 5.06. The monoisotopic (exact) mass is 503 g/mol. The highest BCUT2D eigenvalue weighted by Gasteiger charge is 2.53. The van der Waals surface area contributed by atoms with Crippen LogP contribution in [-0.2, 0) is 11.3 Å². The summed E-state index contributed by atoms with van der Waals surface area (Å²) in [4.78, 5) is 21.2. The highest BCUT2D eigenvalue weighted by molar-refractivity contribution is 7.99. The van der Waals surface area contributed by atoms with Gasteiger partial charge in [0, 0.05) is 31.0 Å². The Kier molecular flexibility index (Phi) is 6.79. The normalized spacial score (nSPS) is 18.4. The van der Waals surface area contributed by atoms with Crippen LogP contribution in [-0.4, -0.2) is 62.3 Å². The molecule has 0 saturated carbocycles. The number of para-hydroxylation sites is 1. The van der Waals surface area contributed by atoms with E-state index in [0.29, 0.717) is 23.0 Å². The maximum atomic E-state index is 15.7. The van der Waals surface area contributed by atoms with E-state index in [-0.39, 0.29) is 25.5 Å². The van der Waals surface area contributed by atoms with Gasteiger partial charge in [-0.05, 0) is 48.6 Å². The van der Waals surface area contributed by atoms with Gasteiger partial charge < -0.3 is 9.32 Å². The standard InChI is InChI=1S/C24H24F3N5O2S/c25-20(26)22-30-29-21(34-22)16-6-7-17(28-12-16)13-32(19-4-2-1-3-5-19)23(33)24(27)14-31(15-24)18-8-10-35-11-9-18/h1-7,12,18,20H,8-11,13-15H2. The Morgan fingerprint density at radius 2 is 1.89 bits per heavy atom.